The smallest absolute Gasteiger partial charge is 0.387 e. The first-order valence-corrected chi connectivity index (χ1v) is 10.0. The van der Waals surface area contributed by atoms with E-state index in [1.54, 1.807) is 38.4 Å². The number of hydrogen-bond donors (Lipinski definition) is 2. The van der Waals surface area contributed by atoms with E-state index in [9.17, 15) is 13.2 Å². The van der Waals surface area contributed by atoms with Gasteiger partial charge >= 0.3 is 6.61 Å². The van der Waals surface area contributed by atoms with Crippen LogP contribution in [0.1, 0.15) is 18.9 Å². The number of hydrogen-bond acceptors (Lipinski definition) is 5. The second-order valence-corrected chi connectivity index (χ2v) is 6.90. The summed E-state index contributed by atoms with van der Waals surface area (Å²) < 4.78 is 49.0. The standard InChI is InChI=1S/C21H26F3N5O2/c1-3-30-18-11-14(6-7-17(18)31-20(23)24)12-27-21(25-2)28-15-8-10-29(13-15)19-16(22)5-4-9-26-19/h4-7,9,11,15,20H,3,8,10,12-13H2,1-2H3,(H2,25,27,28). The average molecular weight is 437 g/mol. The Labute approximate surface area is 179 Å². The second kappa shape index (κ2) is 10.7. The lowest BCUT2D eigenvalue weighted by molar-refractivity contribution is -0.0514. The molecule has 2 N–H and O–H groups in total. The summed E-state index contributed by atoms with van der Waals surface area (Å²) in [5, 5.41) is 6.52. The van der Waals surface area contributed by atoms with E-state index < -0.39 is 6.61 Å². The van der Waals surface area contributed by atoms with Gasteiger partial charge in [-0.1, -0.05) is 6.07 Å². The Morgan fingerprint density at radius 2 is 2.16 bits per heavy atom. The molecule has 0 amide bonds. The molecule has 2 aromatic rings. The van der Waals surface area contributed by atoms with Crippen molar-refractivity contribution in [1.82, 2.24) is 15.6 Å². The molecule has 0 spiro atoms. The van der Waals surface area contributed by atoms with Crippen LogP contribution in [0.3, 0.4) is 0 Å². The molecule has 7 nitrogen and oxygen atoms in total. The summed E-state index contributed by atoms with van der Waals surface area (Å²) >= 11 is 0. The number of halogens is 3. The fourth-order valence-electron chi connectivity index (χ4n) is 3.38. The molecule has 1 aliphatic rings. The van der Waals surface area contributed by atoms with Gasteiger partial charge < -0.3 is 25.0 Å². The van der Waals surface area contributed by atoms with E-state index in [-0.39, 0.29) is 23.4 Å². The highest BCUT2D eigenvalue weighted by Crippen LogP contribution is 2.30. The molecular weight excluding hydrogens is 411 g/mol. The maximum atomic E-state index is 14.0. The number of nitrogens with zero attached hydrogens (tertiary/aromatic N) is 3. The van der Waals surface area contributed by atoms with Crippen LogP contribution < -0.4 is 25.0 Å². The summed E-state index contributed by atoms with van der Waals surface area (Å²) in [6.45, 7) is 0.866. The quantitative estimate of drug-likeness (QED) is 0.488. The number of pyridine rings is 1. The summed E-state index contributed by atoms with van der Waals surface area (Å²) in [5.41, 5.74) is 0.816. The number of rotatable bonds is 8. The van der Waals surface area contributed by atoms with Gasteiger partial charge in [0, 0.05) is 38.9 Å². The van der Waals surface area contributed by atoms with Crippen molar-refractivity contribution < 1.29 is 22.6 Å². The van der Waals surface area contributed by atoms with Crippen molar-refractivity contribution in [2.45, 2.75) is 32.5 Å². The Morgan fingerprint density at radius 3 is 2.87 bits per heavy atom. The van der Waals surface area contributed by atoms with Gasteiger partial charge in [0.05, 0.1) is 6.61 Å². The van der Waals surface area contributed by atoms with Crippen molar-refractivity contribution >= 4 is 11.8 Å². The lowest BCUT2D eigenvalue weighted by Crippen LogP contribution is -2.44. The molecule has 0 bridgehead atoms. The molecule has 0 radical (unpaired) electrons. The van der Waals surface area contributed by atoms with Crippen LogP contribution in [0.2, 0.25) is 0 Å². The van der Waals surface area contributed by atoms with Gasteiger partial charge in [-0.15, -0.1) is 0 Å². The van der Waals surface area contributed by atoms with Crippen molar-refractivity contribution in [3.63, 3.8) is 0 Å². The van der Waals surface area contributed by atoms with Crippen LogP contribution in [0.25, 0.3) is 0 Å². The molecule has 0 saturated carbocycles. The Bertz CT molecular complexity index is 897. The maximum Gasteiger partial charge on any atom is 0.387 e. The van der Waals surface area contributed by atoms with Crippen molar-refractivity contribution in [1.29, 1.82) is 0 Å². The van der Waals surface area contributed by atoms with E-state index in [1.165, 1.54) is 12.1 Å². The number of anilines is 1. The van der Waals surface area contributed by atoms with Gasteiger partial charge in [-0.25, -0.2) is 9.37 Å². The van der Waals surface area contributed by atoms with E-state index in [1.807, 2.05) is 4.90 Å². The largest absolute Gasteiger partial charge is 0.490 e. The molecule has 10 heteroatoms. The molecule has 31 heavy (non-hydrogen) atoms. The third-order valence-electron chi connectivity index (χ3n) is 4.78. The summed E-state index contributed by atoms with van der Waals surface area (Å²) in [4.78, 5) is 10.3. The predicted octanol–water partition coefficient (Wildman–Crippen LogP) is 3.16. The molecule has 3 rings (SSSR count). The Morgan fingerprint density at radius 1 is 1.32 bits per heavy atom. The van der Waals surface area contributed by atoms with Crippen molar-refractivity contribution in [3.05, 3.63) is 47.9 Å². The molecule has 1 unspecified atom stereocenters. The second-order valence-electron chi connectivity index (χ2n) is 6.90. The first-order chi connectivity index (χ1) is 15.0. The fraction of sp³-hybridized carbons (Fsp3) is 0.429. The molecule has 1 atom stereocenters. The number of aromatic nitrogens is 1. The Balaban J connectivity index is 1.56. The van der Waals surface area contributed by atoms with Crippen molar-refractivity contribution in [2.24, 2.45) is 4.99 Å². The highest BCUT2D eigenvalue weighted by atomic mass is 19.3. The molecule has 168 valence electrons. The summed E-state index contributed by atoms with van der Waals surface area (Å²) in [7, 11) is 1.66. The zero-order chi connectivity index (χ0) is 22.2. The Hall–Kier alpha value is -3.17. The summed E-state index contributed by atoms with van der Waals surface area (Å²) in [6, 6.07) is 7.84. The van der Waals surface area contributed by atoms with E-state index in [4.69, 9.17) is 4.74 Å². The number of guanidine groups is 1. The lowest BCUT2D eigenvalue weighted by Gasteiger charge is -2.20. The highest BCUT2D eigenvalue weighted by molar-refractivity contribution is 5.80. The maximum absolute atomic E-state index is 14.0. The van der Waals surface area contributed by atoms with Gasteiger partial charge in [-0.3, -0.25) is 4.99 Å². The van der Waals surface area contributed by atoms with Gasteiger partial charge in [0.1, 0.15) is 0 Å². The fourth-order valence-corrected chi connectivity index (χ4v) is 3.38. The Kier molecular flexibility index (Phi) is 7.80. The normalized spacial score (nSPS) is 16.5. The highest BCUT2D eigenvalue weighted by Gasteiger charge is 2.26. The SMILES string of the molecule is CCOc1cc(CNC(=NC)NC2CCN(c3ncccc3F)C2)ccc1OC(F)F. The van der Waals surface area contributed by atoms with Gasteiger partial charge in [-0.05, 0) is 43.2 Å². The van der Waals surface area contributed by atoms with E-state index in [0.717, 1.165) is 12.0 Å². The molecule has 1 aromatic heterocycles. The minimum absolute atomic E-state index is 0.00379. The number of benzene rings is 1. The van der Waals surface area contributed by atoms with E-state index in [0.29, 0.717) is 38.0 Å². The molecule has 1 aliphatic heterocycles. The number of aliphatic imine (C=N–C) groups is 1. The first kappa shape index (κ1) is 22.5. The first-order valence-electron chi connectivity index (χ1n) is 10.0. The van der Waals surface area contributed by atoms with Gasteiger partial charge in [-0.2, -0.15) is 8.78 Å². The number of ether oxygens (including phenoxy) is 2. The predicted molar refractivity (Wildman–Crippen MR) is 112 cm³/mol. The van der Waals surface area contributed by atoms with Crippen LogP contribution in [0.4, 0.5) is 19.0 Å². The summed E-state index contributed by atoms with van der Waals surface area (Å²) in [6.07, 6.45) is 2.39. The van der Waals surface area contributed by atoms with Crippen LogP contribution in [-0.2, 0) is 6.54 Å². The molecular formula is C21H26F3N5O2. The third kappa shape index (κ3) is 6.16. The minimum atomic E-state index is -2.92. The van der Waals surface area contributed by atoms with Crippen LogP contribution in [0.15, 0.2) is 41.5 Å². The van der Waals surface area contributed by atoms with Crippen molar-refractivity contribution in [2.75, 3.05) is 31.6 Å². The average Bonchev–Trinajstić information content (AvgIpc) is 3.21. The number of alkyl halides is 2. The van der Waals surface area contributed by atoms with Crippen molar-refractivity contribution in [3.8, 4) is 11.5 Å². The van der Waals surface area contributed by atoms with Gasteiger partial charge in [0.25, 0.3) is 0 Å². The monoisotopic (exact) mass is 437 g/mol. The van der Waals surface area contributed by atoms with Gasteiger partial charge in [0.15, 0.2) is 29.1 Å². The lowest BCUT2D eigenvalue weighted by atomic mass is 10.2. The molecule has 1 fully saturated rings. The van der Waals surface area contributed by atoms with E-state index in [2.05, 4.69) is 25.3 Å². The molecule has 1 saturated heterocycles. The van der Waals surface area contributed by atoms with Crippen LogP contribution in [-0.4, -0.2) is 50.3 Å². The zero-order valence-electron chi connectivity index (χ0n) is 17.4. The molecule has 2 heterocycles. The summed E-state index contributed by atoms with van der Waals surface area (Å²) in [5.74, 6) is 0.850. The van der Waals surface area contributed by atoms with Crippen LogP contribution in [0.5, 0.6) is 11.5 Å². The topological polar surface area (TPSA) is 71.0 Å². The molecule has 0 aliphatic carbocycles. The van der Waals surface area contributed by atoms with E-state index >= 15 is 0 Å². The van der Waals surface area contributed by atoms with Crippen LogP contribution in [0, 0.1) is 5.82 Å². The van der Waals surface area contributed by atoms with Crippen LogP contribution >= 0.6 is 0 Å². The minimum Gasteiger partial charge on any atom is -0.490 e. The third-order valence-corrected chi connectivity index (χ3v) is 4.78. The van der Waals surface area contributed by atoms with Gasteiger partial charge in [0.2, 0.25) is 0 Å². The number of nitrogens with one attached hydrogen (secondary N) is 2. The molecule has 1 aromatic carbocycles. The zero-order valence-corrected chi connectivity index (χ0v) is 17.4.